The van der Waals surface area contributed by atoms with Crippen molar-refractivity contribution >= 4 is 21.6 Å². The van der Waals surface area contributed by atoms with Crippen molar-refractivity contribution in [3.05, 3.63) is 18.2 Å². The summed E-state index contributed by atoms with van der Waals surface area (Å²) in [5, 5.41) is 0. The van der Waals surface area contributed by atoms with Gasteiger partial charge >= 0.3 is 0 Å². The Morgan fingerprint density at radius 3 is 2.28 bits per heavy atom. The van der Waals surface area contributed by atoms with E-state index in [1.54, 1.807) is 11.0 Å². The number of ether oxygens (including phenoxy) is 1. The second-order valence-corrected chi connectivity index (χ2v) is 8.83. The highest BCUT2D eigenvalue weighted by molar-refractivity contribution is 7.89. The van der Waals surface area contributed by atoms with Gasteiger partial charge in [-0.15, -0.1) is 0 Å². The zero-order valence-electron chi connectivity index (χ0n) is 15.6. The monoisotopic (exact) mass is 368 g/mol. The molecule has 1 heterocycles. The number of carbonyl (C=O) groups is 1. The molecule has 2 rings (SSSR count). The van der Waals surface area contributed by atoms with E-state index in [1.165, 1.54) is 19.2 Å². The number of nitrogens with one attached hydrogen (secondary N) is 1. The van der Waals surface area contributed by atoms with E-state index in [9.17, 15) is 13.2 Å². The van der Waals surface area contributed by atoms with Gasteiger partial charge in [-0.25, -0.2) is 13.1 Å². The average Bonchev–Trinajstić information content (AvgIpc) is 2.97. The van der Waals surface area contributed by atoms with Crippen molar-refractivity contribution in [2.24, 2.45) is 11.8 Å². The summed E-state index contributed by atoms with van der Waals surface area (Å²) in [5.41, 5.74) is 0.513. The van der Waals surface area contributed by atoms with Gasteiger partial charge < -0.3 is 9.64 Å². The van der Waals surface area contributed by atoms with E-state index in [0.717, 1.165) is 6.42 Å². The van der Waals surface area contributed by atoms with Gasteiger partial charge in [-0.05, 0) is 36.5 Å². The molecule has 0 aromatic heterocycles. The minimum absolute atomic E-state index is 0.0111. The van der Waals surface area contributed by atoms with Gasteiger partial charge in [-0.1, -0.05) is 27.7 Å². The highest BCUT2D eigenvalue weighted by Gasteiger charge is 2.28. The summed E-state index contributed by atoms with van der Waals surface area (Å²) in [5.74, 6) is 0.835. The van der Waals surface area contributed by atoms with Crippen LogP contribution in [0.5, 0.6) is 5.75 Å². The number of benzene rings is 1. The third kappa shape index (κ3) is 4.33. The molecule has 25 heavy (non-hydrogen) atoms. The van der Waals surface area contributed by atoms with Crippen molar-refractivity contribution in [1.82, 2.24) is 4.72 Å². The van der Waals surface area contributed by atoms with Gasteiger partial charge in [0.15, 0.2) is 0 Å². The number of carbonyl (C=O) groups excluding carboxylic acids is 1. The van der Waals surface area contributed by atoms with Gasteiger partial charge in [0, 0.05) is 19.0 Å². The normalized spacial score (nSPS) is 15.7. The molecule has 7 heteroatoms. The lowest BCUT2D eigenvalue weighted by Gasteiger charge is -2.26. The molecule has 1 saturated heterocycles. The summed E-state index contributed by atoms with van der Waals surface area (Å²) in [6.07, 6.45) is 1.24. The predicted octanol–water partition coefficient (Wildman–Crippen LogP) is 2.78. The highest BCUT2D eigenvalue weighted by Crippen LogP contribution is 2.33. The molecule has 1 N–H and O–H groups in total. The van der Waals surface area contributed by atoms with Crippen LogP contribution in [-0.2, 0) is 14.8 Å². The first-order valence-electron chi connectivity index (χ1n) is 8.68. The van der Waals surface area contributed by atoms with E-state index in [4.69, 9.17) is 4.74 Å². The minimum atomic E-state index is -3.69. The number of rotatable bonds is 7. The molecule has 1 aromatic rings. The molecule has 0 radical (unpaired) electrons. The molecule has 1 aliphatic rings. The lowest BCUT2D eigenvalue weighted by molar-refractivity contribution is -0.117. The van der Waals surface area contributed by atoms with Crippen LogP contribution in [0.2, 0.25) is 0 Å². The topological polar surface area (TPSA) is 75.7 Å². The van der Waals surface area contributed by atoms with Crippen LogP contribution in [0.3, 0.4) is 0 Å². The third-order valence-electron chi connectivity index (χ3n) is 4.55. The molecule has 0 saturated carbocycles. The summed E-state index contributed by atoms with van der Waals surface area (Å²) in [7, 11) is -2.17. The van der Waals surface area contributed by atoms with Crippen LogP contribution >= 0.6 is 0 Å². The summed E-state index contributed by atoms with van der Waals surface area (Å²) in [6.45, 7) is 8.56. The fourth-order valence-electron chi connectivity index (χ4n) is 3.24. The number of sulfonamides is 1. The molecule has 0 bridgehead atoms. The zero-order valence-corrected chi connectivity index (χ0v) is 16.4. The van der Waals surface area contributed by atoms with Gasteiger partial charge in [0.1, 0.15) is 5.75 Å². The summed E-state index contributed by atoms with van der Waals surface area (Å²) < 4.78 is 33.8. The maximum absolute atomic E-state index is 12.8. The summed E-state index contributed by atoms with van der Waals surface area (Å²) in [4.78, 5) is 13.8. The highest BCUT2D eigenvalue weighted by atomic mass is 32.2. The van der Waals surface area contributed by atoms with E-state index in [1.807, 2.05) is 27.7 Å². The predicted molar refractivity (Wildman–Crippen MR) is 98.4 cm³/mol. The van der Waals surface area contributed by atoms with Crippen LogP contribution in [0, 0.1) is 11.8 Å². The Bertz CT molecular complexity index is 721. The molecule has 1 amide bonds. The Morgan fingerprint density at radius 1 is 1.16 bits per heavy atom. The van der Waals surface area contributed by atoms with Crippen LogP contribution < -0.4 is 14.4 Å². The lowest BCUT2D eigenvalue weighted by atomic mass is 9.94. The van der Waals surface area contributed by atoms with Crippen molar-refractivity contribution < 1.29 is 17.9 Å². The number of methoxy groups -OCH3 is 1. The number of hydrogen-bond donors (Lipinski definition) is 1. The summed E-state index contributed by atoms with van der Waals surface area (Å²) >= 11 is 0. The van der Waals surface area contributed by atoms with Gasteiger partial charge in [0.05, 0.1) is 17.7 Å². The van der Waals surface area contributed by atoms with Crippen molar-refractivity contribution in [2.45, 2.75) is 51.5 Å². The van der Waals surface area contributed by atoms with Gasteiger partial charge in [0.2, 0.25) is 15.9 Å². The van der Waals surface area contributed by atoms with Crippen LogP contribution in [0.1, 0.15) is 40.5 Å². The fraction of sp³-hybridized carbons (Fsp3) is 0.611. The number of anilines is 1. The number of amides is 1. The maximum Gasteiger partial charge on any atom is 0.240 e. The van der Waals surface area contributed by atoms with Crippen LogP contribution in [-0.4, -0.2) is 34.0 Å². The standard InChI is InChI=1S/C18H28N2O4S/c1-12(2)18(13(3)4)19-25(22,23)14-8-9-16(24-5)15(11-14)20-10-6-7-17(20)21/h8-9,11-13,18-19H,6-7,10H2,1-5H3. The van der Waals surface area contributed by atoms with E-state index in [0.29, 0.717) is 24.4 Å². The molecule has 6 nitrogen and oxygen atoms in total. The first-order chi connectivity index (χ1) is 11.7. The molecule has 0 spiro atoms. The molecular formula is C18H28N2O4S. The first-order valence-corrected chi connectivity index (χ1v) is 10.2. The average molecular weight is 368 g/mol. The molecular weight excluding hydrogens is 340 g/mol. The molecule has 140 valence electrons. The van der Waals surface area contributed by atoms with Crippen LogP contribution in [0.15, 0.2) is 23.1 Å². The van der Waals surface area contributed by atoms with Crippen molar-refractivity contribution in [3.8, 4) is 5.75 Å². The van der Waals surface area contributed by atoms with Crippen LogP contribution in [0.4, 0.5) is 5.69 Å². The van der Waals surface area contributed by atoms with E-state index in [2.05, 4.69) is 4.72 Å². The number of hydrogen-bond acceptors (Lipinski definition) is 4. The van der Waals surface area contributed by atoms with E-state index in [-0.39, 0.29) is 28.7 Å². The minimum Gasteiger partial charge on any atom is -0.495 e. The Morgan fingerprint density at radius 2 is 1.80 bits per heavy atom. The first kappa shape index (κ1) is 19.7. The third-order valence-corrected chi connectivity index (χ3v) is 6.01. The molecule has 1 fully saturated rings. The molecule has 0 unspecified atom stereocenters. The maximum atomic E-state index is 12.8. The van der Waals surface area contributed by atoms with E-state index >= 15 is 0 Å². The number of nitrogens with zero attached hydrogens (tertiary/aromatic N) is 1. The molecule has 0 atom stereocenters. The fourth-order valence-corrected chi connectivity index (χ4v) is 4.79. The molecule has 1 aromatic carbocycles. The quantitative estimate of drug-likeness (QED) is 0.803. The smallest absolute Gasteiger partial charge is 0.240 e. The Hall–Kier alpha value is -1.60. The van der Waals surface area contributed by atoms with Crippen molar-refractivity contribution in [1.29, 1.82) is 0 Å². The largest absolute Gasteiger partial charge is 0.495 e. The second-order valence-electron chi connectivity index (χ2n) is 7.12. The lowest BCUT2D eigenvalue weighted by Crippen LogP contribution is -2.42. The van der Waals surface area contributed by atoms with Gasteiger partial charge in [0.25, 0.3) is 0 Å². The second kappa shape index (κ2) is 7.74. The molecule has 1 aliphatic heterocycles. The molecule has 0 aliphatic carbocycles. The van der Waals surface area contributed by atoms with Crippen LogP contribution in [0.25, 0.3) is 0 Å². The van der Waals surface area contributed by atoms with E-state index < -0.39 is 10.0 Å². The Kier molecular flexibility index (Phi) is 6.11. The SMILES string of the molecule is COc1ccc(S(=O)(=O)NC(C(C)C)C(C)C)cc1N1CCCC1=O. The zero-order chi connectivity index (χ0) is 18.8. The van der Waals surface area contributed by atoms with Gasteiger partial charge in [-0.3, -0.25) is 4.79 Å². The van der Waals surface area contributed by atoms with Gasteiger partial charge in [-0.2, -0.15) is 0 Å². The van der Waals surface area contributed by atoms with Crippen molar-refractivity contribution in [3.63, 3.8) is 0 Å². The summed E-state index contributed by atoms with van der Waals surface area (Å²) in [6, 6.07) is 4.49. The van der Waals surface area contributed by atoms with Crippen molar-refractivity contribution in [2.75, 3.05) is 18.6 Å². The Balaban J connectivity index is 2.40. The Labute approximate surface area is 150 Å².